The summed E-state index contributed by atoms with van der Waals surface area (Å²) in [5, 5.41) is 21.1. The number of fused-ring (bicyclic) bond motifs is 2. The maximum Gasteiger partial charge on any atom is 0.297 e. The van der Waals surface area contributed by atoms with Crippen molar-refractivity contribution in [3.8, 4) is 0 Å². The molecule has 1 fully saturated rings. The molecule has 2 aromatic heterocycles. The molecule has 2 N–H and O–H groups in total. The molecule has 0 aromatic carbocycles. The molecular weight excluding hydrogens is 410 g/mol. The standard InChI is InChI=1S/C18H23ClF2N4O2S/c1-10(8-26)6-25-7-14(23-24-25)13-5-17(4-11(2)22-13)16-12(3-15(19)28-16)18(20,21)9-27-17/h3,7,10-11,13,22,26H,4-6,8-9H2,1-2H3/t10-,11-,13-,17-/m0/s1. The summed E-state index contributed by atoms with van der Waals surface area (Å²) < 4.78 is 36.7. The van der Waals surface area contributed by atoms with E-state index in [1.54, 1.807) is 4.68 Å². The second-order valence-corrected chi connectivity index (χ2v) is 9.65. The third kappa shape index (κ3) is 3.59. The predicted octanol–water partition coefficient (Wildman–Crippen LogP) is 3.45. The summed E-state index contributed by atoms with van der Waals surface area (Å²) in [5.74, 6) is -2.96. The maximum atomic E-state index is 14.4. The van der Waals surface area contributed by atoms with Gasteiger partial charge in [0.2, 0.25) is 0 Å². The minimum Gasteiger partial charge on any atom is -0.396 e. The number of nitrogens with zero attached hydrogens (tertiary/aromatic N) is 3. The van der Waals surface area contributed by atoms with Crippen LogP contribution in [0.5, 0.6) is 0 Å². The third-order valence-electron chi connectivity index (χ3n) is 5.42. The molecule has 154 valence electrons. The Hall–Kier alpha value is -1.13. The van der Waals surface area contributed by atoms with E-state index >= 15 is 0 Å². The van der Waals surface area contributed by atoms with Crippen LogP contribution in [0.25, 0.3) is 0 Å². The topological polar surface area (TPSA) is 72.2 Å². The minimum atomic E-state index is -3.03. The first kappa shape index (κ1) is 20.2. The fourth-order valence-corrected chi connectivity index (χ4v) is 5.59. The van der Waals surface area contributed by atoms with Crippen LogP contribution in [-0.4, -0.2) is 39.4 Å². The average Bonchev–Trinajstić information content (AvgIpc) is 3.26. The van der Waals surface area contributed by atoms with Crippen molar-refractivity contribution >= 4 is 22.9 Å². The number of thiophene rings is 1. The normalized spacial score (nSPS) is 30.4. The molecule has 2 aliphatic heterocycles. The van der Waals surface area contributed by atoms with Crippen molar-refractivity contribution in [2.24, 2.45) is 5.92 Å². The Labute approximate surface area is 170 Å². The van der Waals surface area contributed by atoms with Gasteiger partial charge in [-0.05, 0) is 25.3 Å². The van der Waals surface area contributed by atoms with Crippen LogP contribution < -0.4 is 5.32 Å². The SMILES string of the molecule is C[C@H](CO)Cn1cc([C@@H]2C[C@]3(C[C@H](C)N2)OCC(F)(F)c2cc(Cl)sc23)nn1. The van der Waals surface area contributed by atoms with Crippen molar-refractivity contribution in [2.75, 3.05) is 13.2 Å². The van der Waals surface area contributed by atoms with E-state index in [0.29, 0.717) is 28.6 Å². The summed E-state index contributed by atoms with van der Waals surface area (Å²) in [4.78, 5) is 0.522. The van der Waals surface area contributed by atoms with Crippen LogP contribution >= 0.6 is 22.9 Å². The number of aromatic nitrogens is 3. The Morgan fingerprint density at radius 3 is 3.04 bits per heavy atom. The average molecular weight is 433 g/mol. The highest BCUT2D eigenvalue weighted by atomic mass is 35.5. The van der Waals surface area contributed by atoms with E-state index in [2.05, 4.69) is 15.6 Å². The zero-order valence-corrected chi connectivity index (χ0v) is 17.2. The molecule has 6 nitrogen and oxygen atoms in total. The minimum absolute atomic E-state index is 0.0120. The molecule has 10 heteroatoms. The fraction of sp³-hybridized carbons (Fsp3) is 0.667. The Morgan fingerprint density at radius 2 is 2.29 bits per heavy atom. The number of aliphatic hydroxyl groups is 1. The van der Waals surface area contributed by atoms with Gasteiger partial charge in [-0.15, -0.1) is 16.4 Å². The highest BCUT2D eigenvalue weighted by Crippen LogP contribution is 2.54. The van der Waals surface area contributed by atoms with Crippen molar-refractivity contribution in [3.05, 3.63) is 32.7 Å². The van der Waals surface area contributed by atoms with Crippen molar-refractivity contribution in [1.29, 1.82) is 0 Å². The summed E-state index contributed by atoms with van der Waals surface area (Å²) in [6.45, 7) is 3.92. The van der Waals surface area contributed by atoms with Crippen LogP contribution in [-0.2, 0) is 22.8 Å². The number of aliphatic hydroxyl groups excluding tert-OH is 1. The first-order valence-electron chi connectivity index (χ1n) is 9.31. The van der Waals surface area contributed by atoms with Crippen LogP contribution in [0.1, 0.15) is 48.9 Å². The van der Waals surface area contributed by atoms with Crippen LogP contribution in [0.15, 0.2) is 12.3 Å². The van der Waals surface area contributed by atoms with Gasteiger partial charge in [0.15, 0.2) is 0 Å². The monoisotopic (exact) mass is 432 g/mol. The van der Waals surface area contributed by atoms with Crippen LogP contribution in [0.4, 0.5) is 8.78 Å². The zero-order valence-electron chi connectivity index (χ0n) is 15.7. The van der Waals surface area contributed by atoms with Gasteiger partial charge in [-0.2, -0.15) is 8.78 Å². The van der Waals surface area contributed by atoms with Gasteiger partial charge in [-0.1, -0.05) is 23.7 Å². The molecule has 4 rings (SSSR count). The molecule has 28 heavy (non-hydrogen) atoms. The van der Waals surface area contributed by atoms with Gasteiger partial charge in [-0.25, -0.2) is 0 Å². The molecule has 4 atom stereocenters. The largest absolute Gasteiger partial charge is 0.396 e. The molecule has 0 unspecified atom stereocenters. The summed E-state index contributed by atoms with van der Waals surface area (Å²) in [6, 6.07) is 1.24. The van der Waals surface area contributed by atoms with Gasteiger partial charge in [0.25, 0.3) is 5.92 Å². The summed E-state index contributed by atoms with van der Waals surface area (Å²) >= 11 is 7.28. The molecule has 0 aliphatic carbocycles. The first-order valence-corrected chi connectivity index (χ1v) is 10.5. The molecular formula is C18H23ClF2N4O2S. The van der Waals surface area contributed by atoms with Gasteiger partial charge < -0.3 is 15.2 Å². The number of rotatable bonds is 4. The van der Waals surface area contributed by atoms with E-state index in [1.165, 1.54) is 17.4 Å². The van der Waals surface area contributed by atoms with Crippen LogP contribution in [0.3, 0.4) is 0 Å². The smallest absolute Gasteiger partial charge is 0.297 e. The molecule has 4 heterocycles. The van der Waals surface area contributed by atoms with Gasteiger partial charge in [-0.3, -0.25) is 4.68 Å². The first-order chi connectivity index (χ1) is 13.2. The number of hydrogen-bond acceptors (Lipinski definition) is 6. The lowest BCUT2D eigenvalue weighted by molar-refractivity contribution is -0.183. The molecule has 0 amide bonds. The van der Waals surface area contributed by atoms with E-state index in [1.807, 2.05) is 20.0 Å². The highest BCUT2D eigenvalue weighted by molar-refractivity contribution is 7.16. The highest BCUT2D eigenvalue weighted by Gasteiger charge is 2.53. The lowest BCUT2D eigenvalue weighted by atomic mass is 9.78. The number of halogens is 3. The molecule has 1 saturated heterocycles. The van der Waals surface area contributed by atoms with Crippen molar-refractivity contribution in [3.63, 3.8) is 0 Å². The summed E-state index contributed by atoms with van der Waals surface area (Å²) in [7, 11) is 0. The molecule has 0 radical (unpaired) electrons. The van der Waals surface area contributed by atoms with Crippen LogP contribution in [0.2, 0.25) is 4.34 Å². The third-order valence-corrected chi connectivity index (χ3v) is 6.87. The van der Waals surface area contributed by atoms with Gasteiger partial charge in [0.1, 0.15) is 12.2 Å². The second kappa shape index (κ2) is 7.28. The Bertz CT molecular complexity index is 861. The second-order valence-electron chi connectivity index (χ2n) is 7.96. The van der Waals surface area contributed by atoms with Crippen molar-refractivity contribution in [2.45, 2.75) is 56.8 Å². The van der Waals surface area contributed by atoms with Gasteiger partial charge in [0.05, 0.1) is 22.3 Å². The molecule has 2 aliphatic rings. The Kier molecular flexibility index (Phi) is 5.24. The van der Waals surface area contributed by atoms with Gasteiger partial charge in [0, 0.05) is 36.1 Å². The van der Waals surface area contributed by atoms with Gasteiger partial charge >= 0.3 is 0 Å². The number of alkyl halides is 2. The summed E-state index contributed by atoms with van der Waals surface area (Å²) in [6.07, 6.45) is 2.90. The van der Waals surface area contributed by atoms with E-state index in [9.17, 15) is 13.9 Å². The Balaban J connectivity index is 1.64. The lowest BCUT2D eigenvalue weighted by Gasteiger charge is -2.47. The van der Waals surface area contributed by atoms with E-state index in [-0.39, 0.29) is 30.2 Å². The van der Waals surface area contributed by atoms with Crippen LogP contribution in [0, 0.1) is 5.92 Å². The molecule has 0 bridgehead atoms. The number of piperidine rings is 1. The van der Waals surface area contributed by atoms with Crippen molar-refractivity contribution < 1.29 is 18.6 Å². The zero-order chi connectivity index (χ0) is 20.1. The Morgan fingerprint density at radius 1 is 1.50 bits per heavy atom. The number of nitrogens with one attached hydrogen (secondary N) is 1. The van der Waals surface area contributed by atoms with E-state index in [0.717, 1.165) is 5.69 Å². The quantitative estimate of drug-likeness (QED) is 0.774. The lowest BCUT2D eigenvalue weighted by Crippen LogP contribution is -2.51. The molecule has 1 spiro atoms. The number of hydrogen-bond donors (Lipinski definition) is 2. The fourth-order valence-electron chi connectivity index (χ4n) is 4.14. The summed E-state index contributed by atoms with van der Waals surface area (Å²) in [5.41, 5.74) is -0.0880. The number of ether oxygens (including phenoxy) is 1. The van der Waals surface area contributed by atoms with E-state index < -0.39 is 18.1 Å². The molecule has 0 saturated carbocycles. The maximum absolute atomic E-state index is 14.4. The predicted molar refractivity (Wildman–Crippen MR) is 102 cm³/mol. The van der Waals surface area contributed by atoms with E-state index in [4.69, 9.17) is 16.3 Å². The molecule has 2 aromatic rings. The van der Waals surface area contributed by atoms with Crippen molar-refractivity contribution in [1.82, 2.24) is 20.3 Å².